The monoisotopic (exact) mass is 1490 g/mol. The maximum atomic E-state index is 13.4. The highest BCUT2D eigenvalue weighted by molar-refractivity contribution is 5.73. The molecule has 2 amide bonds. The van der Waals surface area contributed by atoms with Crippen LogP contribution >= 0.6 is 0 Å². The topological polar surface area (TPSA) is 147 Å². The molecule has 0 fully saturated rings. The Hall–Kier alpha value is -2.09. The van der Waals surface area contributed by atoms with Crippen molar-refractivity contribution < 1.29 is 15.0 Å². The Morgan fingerprint density at radius 1 is 0.264 bits per heavy atom. The number of hydrogen-bond acceptors (Lipinski definition) is 9. The summed E-state index contributed by atoms with van der Waals surface area (Å²) < 4.78 is 0. The lowest BCUT2D eigenvalue weighted by Gasteiger charge is -2.28. The molecule has 0 saturated carbocycles. The van der Waals surface area contributed by atoms with Gasteiger partial charge in [0, 0.05) is 39.3 Å². The molecule has 4 atom stereocenters. The Bertz CT molecular complexity index is 1710. The molecule has 0 heterocycles. The van der Waals surface area contributed by atoms with Crippen molar-refractivity contribution in [1.82, 2.24) is 30.2 Å². The van der Waals surface area contributed by atoms with E-state index in [0.29, 0.717) is 24.9 Å². The van der Waals surface area contributed by atoms with E-state index in [1.54, 1.807) is 0 Å². The van der Waals surface area contributed by atoms with Crippen LogP contribution in [0.5, 0.6) is 0 Å². The van der Waals surface area contributed by atoms with Gasteiger partial charge in [-0.1, -0.05) is 321 Å². The zero-order valence-corrected chi connectivity index (χ0v) is 72.4. The molecule has 0 aromatic heterocycles. The molecule has 628 valence electrons. The molecule has 11 nitrogen and oxygen atoms in total. The van der Waals surface area contributed by atoms with Crippen LogP contribution in [-0.2, 0) is 0 Å². The van der Waals surface area contributed by atoms with Crippen LogP contribution < -0.4 is 22.1 Å². The number of allylic oxidation sites excluding steroid dienone is 8. The first-order chi connectivity index (χ1) is 52.1. The van der Waals surface area contributed by atoms with E-state index in [1.807, 2.05) is 0 Å². The molecule has 0 aromatic rings. The van der Waals surface area contributed by atoms with Crippen LogP contribution in [0.25, 0.3) is 0 Å². The molecule has 0 bridgehead atoms. The van der Waals surface area contributed by atoms with Crippen LogP contribution in [0, 0.1) is 11.8 Å². The van der Waals surface area contributed by atoms with E-state index in [-0.39, 0.29) is 19.1 Å². The SMILES string of the molecule is CCCCCCCC/C=C\CCCCCCCCN(CCCCN(CCCCCCCC/C=C/CCCCCCCC)CC(O)CNC(=O)NCC(O)CN(CCCCCCCC/C=C/CCCCCCCC)CCCCN(CCCCCCCC/C=C/CCCCCCCC)CC(C)CN)CC(C)CN. The smallest absolute Gasteiger partial charge is 0.314 e. The van der Waals surface area contributed by atoms with Gasteiger partial charge >= 0.3 is 6.03 Å². The highest BCUT2D eigenvalue weighted by atomic mass is 16.3. The largest absolute Gasteiger partial charge is 0.390 e. The normalized spacial score (nSPS) is 13.5. The predicted octanol–water partition coefficient (Wildman–Crippen LogP) is 25.1. The first-order valence-electron chi connectivity index (χ1n) is 47.4. The minimum absolute atomic E-state index is 0.188. The number of unbranched alkanes of at least 4 members (excludes halogenated alkanes) is 50. The van der Waals surface area contributed by atoms with Crippen molar-refractivity contribution in [3.8, 4) is 0 Å². The van der Waals surface area contributed by atoms with Crippen molar-refractivity contribution in [2.45, 2.75) is 439 Å². The fourth-order valence-corrected chi connectivity index (χ4v) is 15.1. The third kappa shape index (κ3) is 80.0. The number of aliphatic hydroxyl groups excluding tert-OH is 2. The first-order valence-corrected chi connectivity index (χ1v) is 47.4. The second-order valence-electron chi connectivity index (χ2n) is 33.4. The van der Waals surface area contributed by atoms with Crippen LogP contribution in [0.1, 0.15) is 427 Å². The fourth-order valence-electron chi connectivity index (χ4n) is 15.1. The van der Waals surface area contributed by atoms with Crippen LogP contribution in [0.3, 0.4) is 0 Å². The molecule has 11 heteroatoms. The van der Waals surface area contributed by atoms with Gasteiger partial charge in [0.05, 0.1) is 12.2 Å². The zero-order valence-electron chi connectivity index (χ0n) is 72.4. The maximum absolute atomic E-state index is 13.4. The first kappa shape index (κ1) is 104. The Labute approximate surface area is 663 Å². The fraction of sp³-hybridized carbons (Fsp3) is 0.905. The molecule has 0 aromatic carbocycles. The summed E-state index contributed by atoms with van der Waals surface area (Å²) in [6.07, 6.45) is 96.1. The van der Waals surface area contributed by atoms with Gasteiger partial charge in [0.15, 0.2) is 0 Å². The molecule has 0 radical (unpaired) electrons. The molecule has 106 heavy (non-hydrogen) atoms. The van der Waals surface area contributed by atoms with Crippen molar-refractivity contribution in [2.24, 2.45) is 23.3 Å². The average Bonchev–Trinajstić information content (AvgIpc) is 1.07. The molecule has 0 aliphatic heterocycles. The van der Waals surface area contributed by atoms with Gasteiger partial charge in [-0.2, -0.15) is 0 Å². The quantitative estimate of drug-likeness (QED) is 0.0259. The lowest BCUT2D eigenvalue weighted by atomic mass is 10.1. The molecule has 4 unspecified atom stereocenters. The average molecular weight is 1490 g/mol. The number of nitrogens with one attached hydrogen (secondary N) is 2. The second-order valence-corrected chi connectivity index (χ2v) is 33.4. The summed E-state index contributed by atoms with van der Waals surface area (Å²) in [5, 5.41) is 29.0. The van der Waals surface area contributed by atoms with Gasteiger partial charge in [-0.05, 0) is 231 Å². The third-order valence-corrected chi connectivity index (χ3v) is 22.2. The number of carbonyl (C=O) groups excluding carboxylic acids is 1. The van der Waals surface area contributed by atoms with Crippen molar-refractivity contribution in [1.29, 1.82) is 0 Å². The van der Waals surface area contributed by atoms with E-state index in [1.165, 1.54) is 347 Å². The van der Waals surface area contributed by atoms with E-state index in [2.05, 4.69) is 120 Å². The van der Waals surface area contributed by atoms with Gasteiger partial charge in [-0.25, -0.2) is 4.79 Å². The van der Waals surface area contributed by atoms with Crippen LogP contribution in [-0.4, -0.2) is 153 Å². The van der Waals surface area contributed by atoms with Gasteiger partial charge in [0.1, 0.15) is 0 Å². The highest BCUT2D eigenvalue weighted by Gasteiger charge is 2.18. The number of rotatable bonds is 88. The molecular formula is C95H190N8O3. The summed E-state index contributed by atoms with van der Waals surface area (Å²) in [6.45, 7) is 27.1. The second kappa shape index (κ2) is 86.9. The van der Waals surface area contributed by atoms with Crippen molar-refractivity contribution >= 4 is 6.03 Å². The standard InChI is InChI=1S/C95H190N8O3/c1-7-11-15-19-23-27-31-35-39-43-47-51-55-59-63-67-75-100(87-91(5)83-96)79-71-73-81-102(77-69-65-61-57-53-49-45-41-37-33-29-25-21-17-13-9-3)89-93(104)85-98-95(106)99-86-94(105)90-103(78-70-66-62-58-54-50-46-42-38-34-30-26-22-18-14-10-4)82-74-72-80-101(88-92(6)84-97)76-68-64-60-56-52-48-44-40-36-32-28-24-20-16-12-8-2/h35-42,91-94,104-105H,7-34,43-90,96-97H2,1-6H3,(H2,98,99,106)/b39-35-,40-36+,41-37+,42-38+. The Morgan fingerprint density at radius 2 is 0.425 bits per heavy atom. The Morgan fingerprint density at radius 3 is 0.613 bits per heavy atom. The van der Waals surface area contributed by atoms with Crippen LogP contribution in [0.4, 0.5) is 4.79 Å². The number of nitrogens with two attached hydrogens (primary N) is 2. The molecular weight excluding hydrogens is 1300 g/mol. The maximum Gasteiger partial charge on any atom is 0.314 e. The predicted molar refractivity (Wildman–Crippen MR) is 472 cm³/mol. The summed E-state index contributed by atoms with van der Waals surface area (Å²) in [6, 6.07) is -0.320. The molecule has 0 saturated heterocycles. The van der Waals surface area contributed by atoms with E-state index in [0.717, 1.165) is 117 Å². The van der Waals surface area contributed by atoms with Crippen molar-refractivity contribution in [3.05, 3.63) is 48.6 Å². The molecule has 0 aliphatic carbocycles. The minimum Gasteiger partial charge on any atom is -0.390 e. The van der Waals surface area contributed by atoms with Gasteiger partial charge in [-0.15, -0.1) is 0 Å². The molecule has 0 spiro atoms. The minimum atomic E-state index is -0.675. The number of urea groups is 1. The van der Waals surface area contributed by atoms with Crippen LogP contribution in [0.2, 0.25) is 0 Å². The third-order valence-electron chi connectivity index (χ3n) is 22.2. The van der Waals surface area contributed by atoms with Gasteiger partial charge in [0.25, 0.3) is 0 Å². The highest BCUT2D eigenvalue weighted by Crippen LogP contribution is 2.18. The molecule has 0 rings (SSSR count). The summed E-state index contributed by atoms with van der Waals surface area (Å²) >= 11 is 0. The molecule has 8 N–H and O–H groups in total. The number of nitrogens with zero attached hydrogens (tertiary/aromatic N) is 4. The number of amides is 2. The number of hydrogen-bond donors (Lipinski definition) is 6. The van der Waals surface area contributed by atoms with E-state index < -0.39 is 12.2 Å². The summed E-state index contributed by atoms with van der Waals surface area (Å²) in [5.41, 5.74) is 12.4. The van der Waals surface area contributed by atoms with E-state index >= 15 is 0 Å². The van der Waals surface area contributed by atoms with Crippen molar-refractivity contribution in [3.63, 3.8) is 0 Å². The zero-order chi connectivity index (χ0) is 77.0. The summed E-state index contributed by atoms with van der Waals surface area (Å²) in [5.74, 6) is 0.976. The Balaban J connectivity index is 5.50. The summed E-state index contributed by atoms with van der Waals surface area (Å²) in [4.78, 5) is 23.7. The van der Waals surface area contributed by atoms with Gasteiger partial charge in [0.2, 0.25) is 0 Å². The van der Waals surface area contributed by atoms with E-state index in [9.17, 15) is 15.0 Å². The lowest BCUT2D eigenvalue weighted by molar-refractivity contribution is 0.104. The van der Waals surface area contributed by atoms with Crippen LogP contribution in [0.15, 0.2) is 48.6 Å². The van der Waals surface area contributed by atoms with Gasteiger partial charge < -0.3 is 51.9 Å². The number of aliphatic hydroxyl groups is 2. The van der Waals surface area contributed by atoms with Gasteiger partial charge in [-0.3, -0.25) is 0 Å². The molecule has 0 aliphatic rings. The lowest BCUT2D eigenvalue weighted by Crippen LogP contribution is -2.47. The number of carbonyl (C=O) groups is 1. The van der Waals surface area contributed by atoms with E-state index in [4.69, 9.17) is 11.5 Å². The van der Waals surface area contributed by atoms with Crippen molar-refractivity contribution in [2.75, 3.05) is 105 Å². The Kier molecular flexibility index (Phi) is 85.2. The summed E-state index contributed by atoms with van der Waals surface area (Å²) in [7, 11) is 0.